The van der Waals surface area contributed by atoms with Crippen molar-refractivity contribution in [3.63, 3.8) is 0 Å². The summed E-state index contributed by atoms with van der Waals surface area (Å²) in [6.45, 7) is 0.124. The molecule has 0 aliphatic heterocycles. The van der Waals surface area contributed by atoms with E-state index >= 15 is 0 Å². The van der Waals surface area contributed by atoms with Crippen LogP contribution in [0.4, 0.5) is 13.2 Å². The summed E-state index contributed by atoms with van der Waals surface area (Å²) in [5.74, 6) is -1.99. The van der Waals surface area contributed by atoms with E-state index in [0.29, 0.717) is 17.1 Å². The third kappa shape index (κ3) is 2.12. The molecule has 1 heterocycles. The van der Waals surface area contributed by atoms with Crippen LogP contribution in [0.5, 0.6) is 0 Å². The summed E-state index contributed by atoms with van der Waals surface area (Å²) in [5.41, 5.74) is 5.58. The summed E-state index contributed by atoms with van der Waals surface area (Å²) < 4.78 is 44.8. The molecule has 0 saturated heterocycles. The Kier molecular flexibility index (Phi) is 2.90. The van der Waals surface area contributed by atoms with Crippen LogP contribution in [0.15, 0.2) is 40.8 Å². The lowest BCUT2D eigenvalue weighted by Crippen LogP contribution is -2.53. The first-order valence-electron chi connectivity index (χ1n) is 6.38. The quantitative estimate of drug-likeness (QED) is 0.931. The van der Waals surface area contributed by atoms with Crippen LogP contribution in [0.2, 0.25) is 0 Å². The van der Waals surface area contributed by atoms with Crippen LogP contribution < -0.4 is 5.73 Å². The SMILES string of the molecule is NCC1(c2ccc(-c3ccc(F)cc3)o2)CC(F)(F)C1. The van der Waals surface area contributed by atoms with E-state index in [1.807, 2.05) is 0 Å². The molecule has 3 rings (SSSR count). The molecule has 0 unspecified atom stereocenters. The van der Waals surface area contributed by atoms with Gasteiger partial charge in [0.1, 0.15) is 17.3 Å². The van der Waals surface area contributed by atoms with Gasteiger partial charge in [0, 0.05) is 24.9 Å². The first kappa shape index (κ1) is 13.2. The van der Waals surface area contributed by atoms with Gasteiger partial charge in [0.25, 0.3) is 0 Å². The molecule has 1 aromatic heterocycles. The Hall–Kier alpha value is -1.75. The van der Waals surface area contributed by atoms with E-state index in [9.17, 15) is 13.2 Å². The molecule has 1 aromatic carbocycles. The Labute approximate surface area is 114 Å². The topological polar surface area (TPSA) is 39.2 Å². The van der Waals surface area contributed by atoms with Gasteiger partial charge in [0.05, 0.1) is 5.41 Å². The van der Waals surface area contributed by atoms with Crippen LogP contribution in [-0.2, 0) is 5.41 Å². The Bertz CT molecular complexity index is 610. The Morgan fingerprint density at radius 3 is 2.25 bits per heavy atom. The van der Waals surface area contributed by atoms with Crippen molar-refractivity contribution in [2.45, 2.75) is 24.2 Å². The van der Waals surface area contributed by atoms with E-state index in [1.54, 1.807) is 24.3 Å². The highest BCUT2D eigenvalue weighted by Gasteiger charge is 2.58. The van der Waals surface area contributed by atoms with E-state index in [4.69, 9.17) is 10.2 Å². The number of hydrogen-bond acceptors (Lipinski definition) is 2. The molecule has 1 aliphatic rings. The fourth-order valence-corrected chi connectivity index (χ4v) is 2.75. The number of halogens is 3. The normalized spacial score (nSPS) is 19.6. The van der Waals surface area contributed by atoms with Crippen molar-refractivity contribution in [3.8, 4) is 11.3 Å². The Morgan fingerprint density at radius 2 is 1.70 bits per heavy atom. The van der Waals surface area contributed by atoms with Gasteiger partial charge < -0.3 is 10.2 Å². The van der Waals surface area contributed by atoms with Crippen LogP contribution in [0.3, 0.4) is 0 Å². The molecule has 1 saturated carbocycles. The van der Waals surface area contributed by atoms with Crippen LogP contribution >= 0.6 is 0 Å². The number of benzene rings is 1. The van der Waals surface area contributed by atoms with Gasteiger partial charge in [-0.1, -0.05) is 0 Å². The van der Waals surface area contributed by atoms with E-state index < -0.39 is 11.3 Å². The molecule has 2 aromatic rings. The number of furan rings is 1. The second-order valence-electron chi connectivity index (χ2n) is 5.36. The Morgan fingerprint density at radius 1 is 1.05 bits per heavy atom. The molecule has 0 bridgehead atoms. The van der Waals surface area contributed by atoms with Crippen molar-refractivity contribution in [3.05, 3.63) is 48.0 Å². The molecular formula is C15H14F3NO. The molecule has 2 nitrogen and oxygen atoms in total. The lowest BCUT2D eigenvalue weighted by molar-refractivity contribution is -0.129. The smallest absolute Gasteiger partial charge is 0.250 e. The summed E-state index contributed by atoms with van der Waals surface area (Å²) in [6, 6.07) is 9.21. The standard InChI is InChI=1S/C15H14F3NO/c16-11-3-1-10(2-4-11)12-5-6-13(20-12)14(9-19)7-15(17,18)8-14/h1-6H,7-9,19H2. The zero-order valence-corrected chi connectivity index (χ0v) is 10.7. The molecule has 1 fully saturated rings. The summed E-state index contributed by atoms with van der Waals surface area (Å²) in [5, 5.41) is 0. The molecule has 0 amide bonds. The van der Waals surface area contributed by atoms with Gasteiger partial charge in [-0.2, -0.15) is 0 Å². The van der Waals surface area contributed by atoms with Crippen LogP contribution in [-0.4, -0.2) is 12.5 Å². The molecular weight excluding hydrogens is 267 g/mol. The number of nitrogens with two attached hydrogens (primary N) is 1. The highest BCUT2D eigenvalue weighted by molar-refractivity contribution is 5.57. The lowest BCUT2D eigenvalue weighted by atomic mass is 9.64. The molecule has 1 aliphatic carbocycles. The van der Waals surface area contributed by atoms with E-state index in [2.05, 4.69) is 0 Å². The largest absolute Gasteiger partial charge is 0.460 e. The second-order valence-corrected chi connectivity index (χ2v) is 5.36. The number of rotatable bonds is 3. The maximum atomic E-state index is 13.1. The van der Waals surface area contributed by atoms with E-state index in [-0.39, 0.29) is 25.2 Å². The molecule has 0 atom stereocenters. The zero-order chi connectivity index (χ0) is 14.4. The van der Waals surface area contributed by atoms with Gasteiger partial charge in [-0.3, -0.25) is 0 Å². The van der Waals surface area contributed by atoms with Crippen molar-refractivity contribution in [2.75, 3.05) is 6.54 Å². The maximum Gasteiger partial charge on any atom is 0.250 e. The first-order valence-corrected chi connectivity index (χ1v) is 6.38. The predicted octanol–water partition coefficient (Wildman–Crippen LogP) is 3.71. The van der Waals surface area contributed by atoms with Crippen molar-refractivity contribution in [1.82, 2.24) is 0 Å². The van der Waals surface area contributed by atoms with Crippen molar-refractivity contribution in [1.29, 1.82) is 0 Å². The third-order valence-corrected chi connectivity index (χ3v) is 3.84. The van der Waals surface area contributed by atoms with Crippen LogP contribution in [0, 0.1) is 5.82 Å². The third-order valence-electron chi connectivity index (χ3n) is 3.84. The lowest BCUT2D eigenvalue weighted by Gasteiger charge is -2.45. The van der Waals surface area contributed by atoms with Crippen molar-refractivity contribution in [2.24, 2.45) is 5.73 Å². The minimum absolute atomic E-state index is 0.124. The van der Waals surface area contributed by atoms with Crippen molar-refractivity contribution < 1.29 is 17.6 Å². The molecule has 2 N–H and O–H groups in total. The fourth-order valence-electron chi connectivity index (χ4n) is 2.75. The summed E-state index contributed by atoms with van der Waals surface area (Å²) in [6.07, 6.45) is -0.570. The molecule has 0 spiro atoms. The fraction of sp³-hybridized carbons (Fsp3) is 0.333. The molecule has 5 heteroatoms. The van der Waals surface area contributed by atoms with Gasteiger partial charge in [-0.25, -0.2) is 13.2 Å². The molecule has 106 valence electrons. The van der Waals surface area contributed by atoms with Crippen LogP contribution in [0.1, 0.15) is 18.6 Å². The van der Waals surface area contributed by atoms with Crippen LogP contribution in [0.25, 0.3) is 11.3 Å². The van der Waals surface area contributed by atoms with E-state index in [1.165, 1.54) is 12.1 Å². The van der Waals surface area contributed by atoms with Gasteiger partial charge in [-0.15, -0.1) is 0 Å². The summed E-state index contributed by atoms with van der Waals surface area (Å²) in [4.78, 5) is 0. The minimum atomic E-state index is -2.66. The van der Waals surface area contributed by atoms with Gasteiger partial charge in [0.2, 0.25) is 5.92 Å². The highest BCUT2D eigenvalue weighted by Crippen LogP contribution is 2.53. The summed E-state index contributed by atoms with van der Waals surface area (Å²) in [7, 11) is 0. The highest BCUT2D eigenvalue weighted by atomic mass is 19.3. The van der Waals surface area contributed by atoms with Gasteiger partial charge in [0.15, 0.2) is 0 Å². The number of alkyl halides is 2. The molecule has 0 radical (unpaired) electrons. The Balaban J connectivity index is 1.89. The first-order chi connectivity index (χ1) is 9.44. The zero-order valence-electron chi connectivity index (χ0n) is 10.7. The maximum absolute atomic E-state index is 13.1. The van der Waals surface area contributed by atoms with E-state index in [0.717, 1.165) is 0 Å². The monoisotopic (exact) mass is 281 g/mol. The second kappa shape index (κ2) is 4.38. The average Bonchev–Trinajstić information content (AvgIpc) is 2.86. The predicted molar refractivity (Wildman–Crippen MR) is 69.0 cm³/mol. The minimum Gasteiger partial charge on any atom is -0.460 e. The van der Waals surface area contributed by atoms with Gasteiger partial charge >= 0.3 is 0 Å². The van der Waals surface area contributed by atoms with Crippen molar-refractivity contribution >= 4 is 0 Å². The van der Waals surface area contributed by atoms with Gasteiger partial charge in [-0.05, 0) is 36.4 Å². The summed E-state index contributed by atoms with van der Waals surface area (Å²) >= 11 is 0. The molecule has 20 heavy (non-hydrogen) atoms. The number of hydrogen-bond donors (Lipinski definition) is 1. The average molecular weight is 281 g/mol.